The highest BCUT2D eigenvalue weighted by molar-refractivity contribution is 6.04. The van der Waals surface area contributed by atoms with Gasteiger partial charge in [-0.2, -0.15) is 0 Å². The third kappa shape index (κ3) is 3.37. The first-order valence-corrected chi connectivity index (χ1v) is 5.80. The second-order valence-electron chi connectivity index (χ2n) is 4.49. The monoisotopic (exact) mass is 261 g/mol. The van der Waals surface area contributed by atoms with Crippen molar-refractivity contribution >= 4 is 11.6 Å². The summed E-state index contributed by atoms with van der Waals surface area (Å²) in [7, 11) is 0. The molecular formula is C15H13F2NO. The maximum Gasteiger partial charge on any atom is 0.255 e. The van der Waals surface area contributed by atoms with E-state index in [1.807, 2.05) is 19.9 Å². The Hall–Kier alpha value is -2.23. The first-order chi connectivity index (χ1) is 8.94. The Labute approximate surface area is 110 Å². The van der Waals surface area contributed by atoms with Crippen molar-refractivity contribution in [3.63, 3.8) is 0 Å². The number of halogens is 2. The van der Waals surface area contributed by atoms with Crippen LogP contribution in [0.15, 0.2) is 36.4 Å². The summed E-state index contributed by atoms with van der Waals surface area (Å²) in [6, 6.07) is 8.29. The van der Waals surface area contributed by atoms with Gasteiger partial charge in [-0.1, -0.05) is 17.2 Å². The summed E-state index contributed by atoms with van der Waals surface area (Å²) < 4.78 is 26.0. The van der Waals surface area contributed by atoms with Crippen LogP contribution in [0.5, 0.6) is 0 Å². The average molecular weight is 261 g/mol. The van der Waals surface area contributed by atoms with Gasteiger partial charge >= 0.3 is 0 Å². The summed E-state index contributed by atoms with van der Waals surface area (Å²) in [5, 5.41) is 2.48. The van der Waals surface area contributed by atoms with E-state index < -0.39 is 17.5 Å². The van der Waals surface area contributed by atoms with E-state index in [0.717, 1.165) is 29.3 Å². The summed E-state index contributed by atoms with van der Waals surface area (Å²) in [6.45, 7) is 3.76. The molecular weight excluding hydrogens is 248 g/mol. The van der Waals surface area contributed by atoms with Crippen molar-refractivity contribution in [2.75, 3.05) is 5.32 Å². The average Bonchev–Trinajstić information content (AvgIpc) is 2.25. The van der Waals surface area contributed by atoms with E-state index in [1.54, 1.807) is 12.1 Å². The molecule has 0 aliphatic carbocycles. The van der Waals surface area contributed by atoms with Crippen molar-refractivity contribution < 1.29 is 13.6 Å². The maximum absolute atomic E-state index is 13.0. The van der Waals surface area contributed by atoms with Crippen LogP contribution < -0.4 is 5.32 Å². The number of nitrogens with one attached hydrogen (secondary N) is 1. The van der Waals surface area contributed by atoms with Crippen molar-refractivity contribution in [3.05, 3.63) is 64.7 Å². The molecule has 1 N–H and O–H groups in total. The Morgan fingerprint density at radius 2 is 1.42 bits per heavy atom. The van der Waals surface area contributed by atoms with Crippen LogP contribution in [0.25, 0.3) is 0 Å². The molecule has 2 nitrogen and oxygen atoms in total. The summed E-state index contributed by atoms with van der Waals surface area (Å²) in [5.41, 5.74) is 2.47. The molecule has 2 aromatic carbocycles. The van der Waals surface area contributed by atoms with Crippen LogP contribution in [-0.2, 0) is 0 Å². The van der Waals surface area contributed by atoms with Crippen LogP contribution in [0.4, 0.5) is 14.5 Å². The van der Waals surface area contributed by atoms with Gasteiger partial charge in [-0.25, -0.2) is 8.78 Å². The standard InChI is InChI=1S/C15H13F2NO/c1-9-3-10(2)5-11(4-9)15(19)18-14-7-12(16)6-13(17)8-14/h3-8H,1-2H3,(H,18,19). The first kappa shape index (κ1) is 13.2. The minimum Gasteiger partial charge on any atom is -0.322 e. The quantitative estimate of drug-likeness (QED) is 0.874. The summed E-state index contributed by atoms with van der Waals surface area (Å²) in [6.07, 6.45) is 0. The highest BCUT2D eigenvalue weighted by atomic mass is 19.1. The molecule has 0 unspecified atom stereocenters. The smallest absolute Gasteiger partial charge is 0.255 e. The lowest BCUT2D eigenvalue weighted by molar-refractivity contribution is 0.102. The van der Waals surface area contributed by atoms with Gasteiger partial charge in [-0.15, -0.1) is 0 Å². The van der Waals surface area contributed by atoms with Crippen molar-refractivity contribution in [1.29, 1.82) is 0 Å². The largest absolute Gasteiger partial charge is 0.322 e. The Balaban J connectivity index is 2.25. The molecule has 0 aromatic heterocycles. The molecule has 0 fully saturated rings. The van der Waals surface area contributed by atoms with Crippen molar-refractivity contribution in [2.45, 2.75) is 13.8 Å². The third-order valence-electron chi connectivity index (χ3n) is 2.60. The number of hydrogen-bond acceptors (Lipinski definition) is 1. The second kappa shape index (κ2) is 5.18. The molecule has 2 aromatic rings. The molecule has 0 radical (unpaired) electrons. The van der Waals surface area contributed by atoms with Gasteiger partial charge in [0.1, 0.15) is 11.6 Å². The van der Waals surface area contributed by atoms with Crippen molar-refractivity contribution in [1.82, 2.24) is 0 Å². The van der Waals surface area contributed by atoms with Crippen LogP contribution in [-0.4, -0.2) is 5.91 Å². The van der Waals surface area contributed by atoms with Gasteiger partial charge in [0.05, 0.1) is 0 Å². The lowest BCUT2D eigenvalue weighted by atomic mass is 10.1. The molecule has 19 heavy (non-hydrogen) atoms. The number of carbonyl (C=O) groups excluding carboxylic acids is 1. The molecule has 0 heterocycles. The summed E-state index contributed by atoms with van der Waals surface area (Å²) >= 11 is 0. The number of hydrogen-bond donors (Lipinski definition) is 1. The Morgan fingerprint density at radius 1 is 0.895 bits per heavy atom. The Morgan fingerprint density at radius 3 is 1.95 bits per heavy atom. The second-order valence-corrected chi connectivity index (χ2v) is 4.49. The molecule has 2 rings (SSSR count). The van der Waals surface area contributed by atoms with E-state index in [1.165, 1.54) is 0 Å². The summed E-state index contributed by atoms with van der Waals surface area (Å²) in [5.74, 6) is -1.84. The molecule has 0 spiro atoms. The number of rotatable bonds is 2. The van der Waals surface area contributed by atoms with E-state index in [-0.39, 0.29) is 5.69 Å². The summed E-state index contributed by atoms with van der Waals surface area (Å²) in [4.78, 5) is 12.0. The zero-order valence-electron chi connectivity index (χ0n) is 10.6. The highest BCUT2D eigenvalue weighted by Crippen LogP contribution is 2.15. The topological polar surface area (TPSA) is 29.1 Å². The minimum atomic E-state index is -0.726. The fraction of sp³-hybridized carbons (Fsp3) is 0.133. The molecule has 0 aliphatic rings. The first-order valence-electron chi connectivity index (χ1n) is 5.80. The van der Waals surface area contributed by atoms with Crippen molar-refractivity contribution in [2.24, 2.45) is 0 Å². The van der Waals surface area contributed by atoms with Gasteiger partial charge in [0, 0.05) is 17.3 Å². The lowest BCUT2D eigenvalue weighted by Gasteiger charge is -2.07. The van der Waals surface area contributed by atoms with Gasteiger partial charge in [0.25, 0.3) is 5.91 Å². The van der Waals surface area contributed by atoms with Crippen LogP contribution in [0, 0.1) is 25.5 Å². The fourth-order valence-electron chi connectivity index (χ4n) is 1.94. The molecule has 0 aliphatic heterocycles. The lowest BCUT2D eigenvalue weighted by Crippen LogP contribution is -2.12. The highest BCUT2D eigenvalue weighted by Gasteiger charge is 2.09. The van der Waals surface area contributed by atoms with E-state index in [0.29, 0.717) is 5.56 Å². The molecule has 0 saturated heterocycles. The Bertz CT molecular complexity index is 598. The van der Waals surface area contributed by atoms with Gasteiger partial charge in [0.15, 0.2) is 0 Å². The zero-order valence-corrected chi connectivity index (χ0v) is 10.6. The SMILES string of the molecule is Cc1cc(C)cc(C(=O)Nc2cc(F)cc(F)c2)c1. The van der Waals surface area contributed by atoms with E-state index in [2.05, 4.69) is 5.32 Å². The number of anilines is 1. The van der Waals surface area contributed by atoms with Crippen molar-refractivity contribution in [3.8, 4) is 0 Å². The number of amides is 1. The van der Waals surface area contributed by atoms with Crippen LogP contribution in [0.3, 0.4) is 0 Å². The van der Waals surface area contributed by atoms with Crippen LogP contribution >= 0.6 is 0 Å². The molecule has 0 saturated carbocycles. The van der Waals surface area contributed by atoms with Gasteiger partial charge in [-0.3, -0.25) is 4.79 Å². The third-order valence-corrected chi connectivity index (χ3v) is 2.60. The molecule has 4 heteroatoms. The molecule has 1 amide bonds. The van der Waals surface area contributed by atoms with Crippen LogP contribution in [0.1, 0.15) is 21.5 Å². The maximum atomic E-state index is 13.0. The normalized spacial score (nSPS) is 10.3. The van der Waals surface area contributed by atoms with E-state index in [4.69, 9.17) is 0 Å². The van der Waals surface area contributed by atoms with Crippen LogP contribution in [0.2, 0.25) is 0 Å². The number of benzene rings is 2. The molecule has 0 bridgehead atoms. The molecule has 98 valence electrons. The number of aryl methyl sites for hydroxylation is 2. The zero-order chi connectivity index (χ0) is 14.0. The van der Waals surface area contributed by atoms with Gasteiger partial charge in [0.2, 0.25) is 0 Å². The Kier molecular flexibility index (Phi) is 3.60. The fourth-order valence-corrected chi connectivity index (χ4v) is 1.94. The minimum absolute atomic E-state index is 0.0988. The van der Waals surface area contributed by atoms with E-state index in [9.17, 15) is 13.6 Å². The predicted octanol–water partition coefficient (Wildman–Crippen LogP) is 3.83. The van der Waals surface area contributed by atoms with Gasteiger partial charge in [-0.05, 0) is 38.1 Å². The van der Waals surface area contributed by atoms with Gasteiger partial charge < -0.3 is 5.32 Å². The van der Waals surface area contributed by atoms with E-state index >= 15 is 0 Å². The number of carbonyl (C=O) groups is 1. The molecule has 0 atom stereocenters. The predicted molar refractivity (Wildman–Crippen MR) is 70.2 cm³/mol.